The van der Waals surface area contributed by atoms with Crippen molar-refractivity contribution in [2.45, 2.75) is 32.9 Å². The quantitative estimate of drug-likeness (QED) is 0.808. The van der Waals surface area contributed by atoms with E-state index in [9.17, 15) is 9.59 Å². The molecule has 1 atom stereocenters. The number of hydrogen-bond acceptors (Lipinski definition) is 4. The summed E-state index contributed by atoms with van der Waals surface area (Å²) in [4.78, 5) is 30.2. The van der Waals surface area contributed by atoms with E-state index in [-0.39, 0.29) is 18.4 Å². The van der Waals surface area contributed by atoms with Crippen molar-refractivity contribution in [3.8, 4) is 5.75 Å². The Morgan fingerprint density at radius 1 is 1.36 bits per heavy atom. The zero-order valence-electron chi connectivity index (χ0n) is 14.4. The van der Waals surface area contributed by atoms with Crippen molar-refractivity contribution < 1.29 is 14.3 Å². The van der Waals surface area contributed by atoms with E-state index in [4.69, 9.17) is 4.74 Å². The first kappa shape index (κ1) is 17.0. The molecule has 7 nitrogen and oxygen atoms in total. The number of para-hydroxylation sites is 2. The molecule has 0 saturated carbocycles. The van der Waals surface area contributed by atoms with Gasteiger partial charge in [-0.05, 0) is 32.4 Å². The molecule has 1 aromatic heterocycles. The number of anilines is 1. The number of ether oxygens (including phenoxy) is 1. The highest BCUT2D eigenvalue weighted by Crippen LogP contribution is 2.33. The lowest BCUT2D eigenvalue weighted by molar-refractivity contribution is -0.128. The van der Waals surface area contributed by atoms with Gasteiger partial charge in [0.1, 0.15) is 18.1 Å². The topological polar surface area (TPSA) is 76.5 Å². The van der Waals surface area contributed by atoms with E-state index in [0.717, 1.165) is 18.8 Å². The number of amides is 2. The first-order valence-electron chi connectivity index (χ1n) is 8.38. The first-order chi connectivity index (χ1) is 12.1. The van der Waals surface area contributed by atoms with E-state index in [1.54, 1.807) is 25.3 Å². The Morgan fingerprint density at radius 3 is 2.92 bits per heavy atom. The Morgan fingerprint density at radius 2 is 2.16 bits per heavy atom. The molecule has 2 aromatic rings. The van der Waals surface area contributed by atoms with Gasteiger partial charge in [0.05, 0.1) is 5.69 Å². The van der Waals surface area contributed by atoms with Crippen LogP contribution in [0, 0.1) is 6.92 Å². The molecule has 1 unspecified atom stereocenters. The van der Waals surface area contributed by atoms with Crippen molar-refractivity contribution >= 4 is 17.5 Å². The summed E-state index contributed by atoms with van der Waals surface area (Å²) >= 11 is 0. The normalized spacial score (nSPS) is 16.3. The standard InChI is InChI=1S/C18H22N4O3/c1-13-18(24)22(15-6-3-4-7-16(15)25-13)12-17(23)20-8-5-10-21-11-9-19-14(21)2/h3-4,6-7,9,11,13H,5,8,10,12H2,1-2H3,(H,20,23). The van der Waals surface area contributed by atoms with E-state index in [2.05, 4.69) is 10.3 Å². The number of aryl methyl sites for hydroxylation is 2. The van der Waals surface area contributed by atoms with Crippen LogP contribution in [-0.2, 0) is 16.1 Å². The van der Waals surface area contributed by atoms with Gasteiger partial charge in [-0.3, -0.25) is 14.5 Å². The summed E-state index contributed by atoms with van der Waals surface area (Å²) in [7, 11) is 0. The average Bonchev–Trinajstić information content (AvgIpc) is 3.01. The second-order valence-electron chi connectivity index (χ2n) is 6.02. The van der Waals surface area contributed by atoms with Crippen LogP contribution in [0.25, 0.3) is 0 Å². The second kappa shape index (κ2) is 7.38. The van der Waals surface area contributed by atoms with Crippen LogP contribution in [0.1, 0.15) is 19.2 Å². The number of aromatic nitrogens is 2. The number of benzene rings is 1. The zero-order valence-corrected chi connectivity index (χ0v) is 14.4. The van der Waals surface area contributed by atoms with Crippen molar-refractivity contribution in [2.75, 3.05) is 18.0 Å². The number of hydrogen-bond donors (Lipinski definition) is 1. The molecule has 2 heterocycles. The number of carbonyl (C=O) groups excluding carboxylic acids is 2. The highest BCUT2D eigenvalue weighted by molar-refractivity contribution is 6.03. The van der Waals surface area contributed by atoms with Gasteiger partial charge in [-0.2, -0.15) is 0 Å². The Bertz CT molecular complexity index is 771. The molecule has 25 heavy (non-hydrogen) atoms. The van der Waals surface area contributed by atoms with Gasteiger partial charge < -0.3 is 14.6 Å². The minimum atomic E-state index is -0.591. The van der Waals surface area contributed by atoms with E-state index in [0.29, 0.717) is 18.0 Å². The fourth-order valence-electron chi connectivity index (χ4n) is 2.84. The molecule has 0 fully saturated rings. The summed E-state index contributed by atoms with van der Waals surface area (Å²) in [6.45, 7) is 4.97. The summed E-state index contributed by atoms with van der Waals surface area (Å²) < 4.78 is 7.61. The highest BCUT2D eigenvalue weighted by atomic mass is 16.5. The second-order valence-corrected chi connectivity index (χ2v) is 6.02. The molecule has 1 aliphatic rings. The van der Waals surface area contributed by atoms with Gasteiger partial charge in [0.2, 0.25) is 5.91 Å². The smallest absolute Gasteiger partial charge is 0.268 e. The van der Waals surface area contributed by atoms with E-state index in [1.165, 1.54) is 4.90 Å². The Labute approximate surface area is 146 Å². The fourth-order valence-corrected chi connectivity index (χ4v) is 2.84. The third kappa shape index (κ3) is 3.81. The number of carbonyl (C=O) groups is 2. The summed E-state index contributed by atoms with van der Waals surface area (Å²) in [6, 6.07) is 7.26. The van der Waals surface area contributed by atoms with Gasteiger partial charge in [0.25, 0.3) is 5.91 Å². The third-order valence-corrected chi connectivity index (χ3v) is 4.20. The highest BCUT2D eigenvalue weighted by Gasteiger charge is 2.32. The first-order valence-corrected chi connectivity index (χ1v) is 8.38. The largest absolute Gasteiger partial charge is 0.479 e. The predicted octanol–water partition coefficient (Wildman–Crippen LogP) is 1.51. The van der Waals surface area contributed by atoms with Crippen LogP contribution >= 0.6 is 0 Å². The molecule has 1 N–H and O–H groups in total. The molecule has 0 aliphatic carbocycles. The Hall–Kier alpha value is -2.83. The van der Waals surface area contributed by atoms with Gasteiger partial charge in [-0.25, -0.2) is 4.98 Å². The number of fused-ring (bicyclic) bond motifs is 1. The van der Waals surface area contributed by atoms with Crippen molar-refractivity contribution in [1.82, 2.24) is 14.9 Å². The maximum Gasteiger partial charge on any atom is 0.268 e. The third-order valence-electron chi connectivity index (χ3n) is 4.20. The monoisotopic (exact) mass is 342 g/mol. The van der Waals surface area contributed by atoms with Crippen molar-refractivity contribution in [3.63, 3.8) is 0 Å². The van der Waals surface area contributed by atoms with Gasteiger partial charge in [-0.15, -0.1) is 0 Å². The molecular weight excluding hydrogens is 320 g/mol. The van der Waals surface area contributed by atoms with Crippen molar-refractivity contribution in [3.05, 3.63) is 42.5 Å². The Balaban J connectivity index is 1.53. The molecule has 0 bridgehead atoms. The van der Waals surface area contributed by atoms with Crippen molar-refractivity contribution in [1.29, 1.82) is 0 Å². The van der Waals surface area contributed by atoms with E-state index in [1.807, 2.05) is 29.8 Å². The summed E-state index contributed by atoms with van der Waals surface area (Å²) in [6.07, 6.45) is 3.89. The number of nitrogens with one attached hydrogen (secondary N) is 1. The van der Waals surface area contributed by atoms with E-state index < -0.39 is 6.10 Å². The van der Waals surface area contributed by atoms with Crippen LogP contribution in [0.2, 0.25) is 0 Å². The number of rotatable bonds is 6. The minimum Gasteiger partial charge on any atom is -0.479 e. The van der Waals surface area contributed by atoms with Gasteiger partial charge in [-0.1, -0.05) is 12.1 Å². The lowest BCUT2D eigenvalue weighted by Gasteiger charge is -2.32. The van der Waals surface area contributed by atoms with Crippen LogP contribution in [-0.4, -0.2) is 40.6 Å². The molecule has 0 saturated heterocycles. The van der Waals surface area contributed by atoms with Crippen LogP contribution in [0.15, 0.2) is 36.7 Å². The summed E-state index contributed by atoms with van der Waals surface area (Å²) in [5, 5.41) is 2.87. The molecule has 0 radical (unpaired) electrons. The maximum absolute atomic E-state index is 12.4. The summed E-state index contributed by atoms with van der Waals surface area (Å²) in [5.74, 6) is 1.19. The SMILES string of the molecule is Cc1nccn1CCCNC(=O)CN1C(=O)C(C)Oc2ccccc21. The predicted molar refractivity (Wildman–Crippen MR) is 93.5 cm³/mol. The van der Waals surface area contributed by atoms with Crippen LogP contribution < -0.4 is 15.0 Å². The van der Waals surface area contributed by atoms with Crippen molar-refractivity contribution in [2.24, 2.45) is 0 Å². The molecule has 0 spiro atoms. The number of nitrogens with zero attached hydrogens (tertiary/aromatic N) is 3. The van der Waals surface area contributed by atoms with Gasteiger partial charge in [0.15, 0.2) is 6.10 Å². The Kier molecular flexibility index (Phi) is 5.02. The van der Waals surface area contributed by atoms with Gasteiger partial charge in [0, 0.05) is 25.5 Å². The minimum absolute atomic E-state index is 0.00630. The lowest BCUT2D eigenvalue weighted by Crippen LogP contribution is -2.48. The van der Waals surface area contributed by atoms with Crippen LogP contribution in [0.3, 0.4) is 0 Å². The van der Waals surface area contributed by atoms with Gasteiger partial charge >= 0.3 is 0 Å². The lowest BCUT2D eigenvalue weighted by atomic mass is 10.2. The molecular formula is C18H22N4O3. The molecule has 3 rings (SSSR count). The number of imidazole rings is 1. The van der Waals surface area contributed by atoms with Crippen LogP contribution in [0.5, 0.6) is 5.75 Å². The molecule has 1 aromatic carbocycles. The summed E-state index contributed by atoms with van der Waals surface area (Å²) in [5.41, 5.74) is 0.634. The molecule has 7 heteroatoms. The van der Waals surface area contributed by atoms with Crippen LogP contribution in [0.4, 0.5) is 5.69 Å². The fraction of sp³-hybridized carbons (Fsp3) is 0.389. The molecule has 132 valence electrons. The zero-order chi connectivity index (χ0) is 17.8. The van der Waals surface area contributed by atoms with E-state index >= 15 is 0 Å². The molecule has 2 amide bonds. The molecule has 1 aliphatic heterocycles. The average molecular weight is 342 g/mol. The maximum atomic E-state index is 12.4.